The number of hydrogen-bond donors (Lipinski definition) is 0. The highest BCUT2D eigenvalue weighted by molar-refractivity contribution is 7.20. The Morgan fingerprint density at radius 1 is 0.644 bits per heavy atom. The number of rotatable bonds is 2. The van der Waals surface area contributed by atoms with Gasteiger partial charge in [0.05, 0.1) is 11.0 Å². The van der Waals surface area contributed by atoms with Crippen LogP contribution < -0.4 is 0 Å². The van der Waals surface area contributed by atoms with Gasteiger partial charge in [-0.1, -0.05) is 105 Å². The highest BCUT2D eigenvalue weighted by atomic mass is 32.1. The molecule has 0 amide bonds. The van der Waals surface area contributed by atoms with Gasteiger partial charge in [0.25, 0.3) is 0 Å². The lowest BCUT2D eigenvalue weighted by Gasteiger charge is -2.15. The fourth-order valence-electron chi connectivity index (χ4n) is 7.70. The van der Waals surface area contributed by atoms with Crippen molar-refractivity contribution in [1.29, 1.82) is 0 Å². The summed E-state index contributed by atoms with van der Waals surface area (Å²) in [5.41, 5.74) is 9.15. The highest BCUT2D eigenvalue weighted by Gasteiger charge is 2.20. The summed E-state index contributed by atoms with van der Waals surface area (Å²) in [7, 11) is 0. The van der Waals surface area contributed by atoms with E-state index in [1.165, 1.54) is 97.0 Å². The van der Waals surface area contributed by atoms with Crippen LogP contribution in [0, 0.1) is 6.92 Å². The van der Waals surface area contributed by atoms with Gasteiger partial charge in [-0.2, -0.15) is 0 Å². The van der Waals surface area contributed by atoms with Crippen molar-refractivity contribution in [2.24, 2.45) is 0 Å². The second-order valence-corrected chi connectivity index (χ2v) is 13.2. The number of hydrogen-bond acceptors (Lipinski definition) is 1. The van der Waals surface area contributed by atoms with Crippen molar-refractivity contribution >= 4 is 81.6 Å². The molecule has 10 rings (SSSR count). The third-order valence-electron chi connectivity index (χ3n) is 9.64. The van der Waals surface area contributed by atoms with Gasteiger partial charge in [0.15, 0.2) is 0 Å². The summed E-state index contributed by atoms with van der Waals surface area (Å²) in [6, 6.07) is 41.3. The molecule has 1 aliphatic carbocycles. The maximum absolute atomic E-state index is 2.50. The molecule has 0 N–H and O–H groups in total. The number of fused-ring (bicyclic) bond motifs is 7. The van der Waals surface area contributed by atoms with Gasteiger partial charge in [0.1, 0.15) is 0 Å². The lowest BCUT2D eigenvalue weighted by atomic mass is 9.92. The molecule has 0 bridgehead atoms. The largest absolute Gasteiger partial charge is 0.309 e. The quantitative estimate of drug-likeness (QED) is 0.175. The van der Waals surface area contributed by atoms with Crippen molar-refractivity contribution in [3.8, 4) is 16.8 Å². The van der Waals surface area contributed by atoms with Gasteiger partial charge in [0.2, 0.25) is 0 Å². The molecule has 1 nitrogen and oxygen atoms in total. The molecule has 1 aliphatic rings. The van der Waals surface area contributed by atoms with E-state index in [0.717, 1.165) is 12.8 Å². The first-order chi connectivity index (χ1) is 22.2. The van der Waals surface area contributed by atoms with E-state index < -0.39 is 0 Å². The van der Waals surface area contributed by atoms with Crippen molar-refractivity contribution in [1.82, 2.24) is 4.57 Å². The molecular weight excluding hydrogens is 563 g/mol. The van der Waals surface area contributed by atoms with Gasteiger partial charge in [-0.15, -0.1) is 11.3 Å². The molecule has 0 radical (unpaired) electrons. The number of thiophene rings is 1. The maximum atomic E-state index is 2.50. The van der Waals surface area contributed by atoms with Crippen molar-refractivity contribution in [3.63, 3.8) is 0 Å². The van der Waals surface area contributed by atoms with Gasteiger partial charge < -0.3 is 4.57 Å². The van der Waals surface area contributed by atoms with E-state index in [1.807, 2.05) is 25.2 Å². The summed E-state index contributed by atoms with van der Waals surface area (Å²) in [6.45, 7) is 6.20. The molecule has 0 atom stereocenters. The summed E-state index contributed by atoms with van der Waals surface area (Å²) in [4.78, 5) is 1.43. The summed E-state index contributed by atoms with van der Waals surface area (Å²) >= 11 is 1.94. The number of nitrogens with zero attached hydrogens (tertiary/aromatic N) is 1. The van der Waals surface area contributed by atoms with Crippen LogP contribution in [0.4, 0.5) is 0 Å². The van der Waals surface area contributed by atoms with Crippen LogP contribution >= 0.6 is 11.3 Å². The van der Waals surface area contributed by atoms with Crippen LogP contribution in [0.3, 0.4) is 0 Å². The average Bonchev–Trinajstić information content (AvgIpc) is 3.63. The molecule has 2 aromatic heterocycles. The Labute approximate surface area is 267 Å². The molecule has 0 aliphatic heterocycles. The standard InChI is InChI=1S/C41H27NS.C2H6/c1-24-12-20-31-35-23-28-14-13-26-6-4-7-27-17-21-34(39(28)38(26)27)40(35)42(36(31)22-24)29-18-15-25(16-19-29)30-9-5-10-33-32-8-2-3-11-37(32)43-41(30)33;1-2/h3-7,9-23H,2,8H2,1H3;1-2H3. The van der Waals surface area contributed by atoms with Crippen LogP contribution in [0.2, 0.25) is 0 Å². The van der Waals surface area contributed by atoms with Crippen molar-refractivity contribution in [2.75, 3.05) is 0 Å². The van der Waals surface area contributed by atoms with Gasteiger partial charge in [-0.25, -0.2) is 0 Å². The van der Waals surface area contributed by atoms with Crippen molar-refractivity contribution in [3.05, 3.63) is 131 Å². The minimum Gasteiger partial charge on any atom is -0.309 e. The maximum Gasteiger partial charge on any atom is 0.0620 e. The van der Waals surface area contributed by atoms with Crippen LogP contribution in [-0.4, -0.2) is 4.57 Å². The molecule has 2 heteroatoms. The minimum absolute atomic E-state index is 1.14. The molecule has 0 spiro atoms. The SMILES string of the molecule is CC.Cc1ccc2c3cc4ccc5cccc6ccc(c4c56)c3n(-c3ccc(-c4cccc5c6c(sc45)C=CCC6)cc3)c2c1. The highest BCUT2D eigenvalue weighted by Crippen LogP contribution is 2.44. The summed E-state index contributed by atoms with van der Waals surface area (Å²) in [5.74, 6) is 0. The van der Waals surface area contributed by atoms with E-state index in [9.17, 15) is 0 Å². The van der Waals surface area contributed by atoms with Crippen LogP contribution in [0.1, 0.15) is 36.3 Å². The Bertz CT molecular complexity index is 2590. The monoisotopic (exact) mass is 595 g/mol. The predicted octanol–water partition coefficient (Wildman–Crippen LogP) is 12.9. The fourth-order valence-corrected chi connectivity index (χ4v) is 9.02. The molecule has 0 saturated carbocycles. The number of aromatic nitrogens is 1. The van der Waals surface area contributed by atoms with E-state index in [-0.39, 0.29) is 0 Å². The Morgan fingerprint density at radius 2 is 1.40 bits per heavy atom. The molecule has 0 saturated heterocycles. The first-order valence-corrected chi connectivity index (χ1v) is 17.0. The Balaban J connectivity index is 0.00000138. The number of allylic oxidation sites excluding steroid dienone is 1. The average molecular weight is 596 g/mol. The zero-order valence-corrected chi connectivity index (χ0v) is 26.6. The topological polar surface area (TPSA) is 4.93 Å². The summed E-state index contributed by atoms with van der Waals surface area (Å²) < 4.78 is 3.91. The second kappa shape index (κ2) is 10.1. The lowest BCUT2D eigenvalue weighted by molar-refractivity contribution is 1.01. The van der Waals surface area contributed by atoms with E-state index in [1.54, 1.807) is 0 Å². The van der Waals surface area contributed by atoms with Crippen LogP contribution in [0.25, 0.3) is 87.1 Å². The third kappa shape index (κ3) is 3.79. The predicted molar refractivity (Wildman–Crippen MR) is 199 cm³/mol. The first-order valence-electron chi connectivity index (χ1n) is 16.2. The van der Waals surface area contributed by atoms with Crippen LogP contribution in [0.5, 0.6) is 0 Å². The normalized spacial score (nSPS) is 13.0. The summed E-state index contributed by atoms with van der Waals surface area (Å²) in [6.07, 6.45) is 6.91. The molecule has 7 aromatic carbocycles. The minimum atomic E-state index is 1.14. The van der Waals surface area contributed by atoms with Gasteiger partial charge in [0, 0.05) is 31.4 Å². The number of aryl methyl sites for hydroxylation is 2. The van der Waals surface area contributed by atoms with Gasteiger partial charge in [-0.05, 0) is 105 Å². The lowest BCUT2D eigenvalue weighted by Crippen LogP contribution is -1.95. The number of benzene rings is 7. The van der Waals surface area contributed by atoms with Crippen LogP contribution in [0.15, 0.2) is 115 Å². The summed E-state index contributed by atoms with van der Waals surface area (Å²) in [5, 5.41) is 12.0. The van der Waals surface area contributed by atoms with Crippen LogP contribution in [-0.2, 0) is 6.42 Å². The smallest absolute Gasteiger partial charge is 0.0620 e. The van der Waals surface area contributed by atoms with E-state index in [0.29, 0.717) is 0 Å². The molecule has 0 unspecified atom stereocenters. The van der Waals surface area contributed by atoms with Gasteiger partial charge in [-0.3, -0.25) is 0 Å². The third-order valence-corrected chi connectivity index (χ3v) is 10.9. The molecular formula is C43H33NS. The van der Waals surface area contributed by atoms with E-state index in [4.69, 9.17) is 0 Å². The second-order valence-electron chi connectivity index (χ2n) is 12.1. The molecule has 0 fully saturated rings. The van der Waals surface area contributed by atoms with E-state index in [2.05, 4.69) is 133 Å². The first kappa shape index (κ1) is 26.5. The molecule has 45 heavy (non-hydrogen) atoms. The Morgan fingerprint density at radius 3 is 2.24 bits per heavy atom. The Kier molecular flexibility index (Phi) is 5.92. The van der Waals surface area contributed by atoms with Gasteiger partial charge >= 0.3 is 0 Å². The molecule has 216 valence electrons. The fraction of sp³-hybridized carbons (Fsp3) is 0.116. The molecule has 2 heterocycles. The van der Waals surface area contributed by atoms with Crippen molar-refractivity contribution in [2.45, 2.75) is 33.6 Å². The van der Waals surface area contributed by atoms with E-state index >= 15 is 0 Å². The molecule has 9 aromatic rings. The zero-order chi connectivity index (χ0) is 30.2. The van der Waals surface area contributed by atoms with Crippen molar-refractivity contribution < 1.29 is 0 Å². The zero-order valence-electron chi connectivity index (χ0n) is 25.8. The Hall–Kier alpha value is -4.92.